The zero-order valence-electron chi connectivity index (χ0n) is 20.2. The highest BCUT2D eigenvalue weighted by Gasteiger charge is 2.57. The first-order chi connectivity index (χ1) is 17.3. The fraction of sp³-hybridized carbons (Fsp3) is 0.440. The number of aromatic nitrogens is 6. The van der Waals surface area contributed by atoms with Gasteiger partial charge in [0.25, 0.3) is 0 Å². The molecule has 1 spiro atoms. The number of thioether (sulfide) groups is 1. The molecule has 2 atom stereocenters. The molecule has 2 aliphatic rings. The van der Waals surface area contributed by atoms with Gasteiger partial charge in [0.1, 0.15) is 6.33 Å². The number of likely N-dealkylation sites (tertiary alicyclic amines) is 1. The first-order valence-corrected chi connectivity index (χ1v) is 13.0. The molecule has 37 heavy (non-hydrogen) atoms. The molecule has 0 N–H and O–H groups in total. The molecule has 0 amide bonds. The lowest BCUT2D eigenvalue weighted by atomic mass is 9.97. The summed E-state index contributed by atoms with van der Waals surface area (Å²) in [4.78, 5) is 2.50. The Kier molecular flexibility index (Phi) is 6.97. The van der Waals surface area contributed by atoms with Gasteiger partial charge in [-0.1, -0.05) is 23.9 Å². The number of nitrogens with zero attached hydrogens (tertiary/aromatic N) is 7. The van der Waals surface area contributed by atoms with Gasteiger partial charge in [0.15, 0.2) is 16.6 Å². The number of fused-ring (bicyclic) bond motifs is 1. The second-order valence-corrected chi connectivity index (χ2v) is 10.9. The maximum atomic E-state index is 12.9. The summed E-state index contributed by atoms with van der Waals surface area (Å²) in [6.07, 6.45) is 2.52. The van der Waals surface area contributed by atoms with Crippen LogP contribution in [0.1, 0.15) is 36.3 Å². The van der Waals surface area contributed by atoms with E-state index in [0.717, 1.165) is 72.4 Å². The molecular formula is C25H27ClF3N7S. The van der Waals surface area contributed by atoms with Crippen LogP contribution in [0.4, 0.5) is 13.2 Å². The van der Waals surface area contributed by atoms with Crippen molar-refractivity contribution in [3.05, 3.63) is 60.0 Å². The van der Waals surface area contributed by atoms with Crippen molar-refractivity contribution in [2.24, 2.45) is 12.5 Å². The number of hydrogen-bond acceptors (Lipinski definition) is 6. The molecule has 0 bridgehead atoms. The van der Waals surface area contributed by atoms with E-state index in [4.69, 9.17) is 0 Å². The average Bonchev–Trinajstić information content (AvgIpc) is 3.19. The van der Waals surface area contributed by atoms with E-state index in [1.165, 1.54) is 12.1 Å². The van der Waals surface area contributed by atoms with E-state index in [1.807, 2.05) is 34.3 Å². The summed E-state index contributed by atoms with van der Waals surface area (Å²) in [7, 11) is 1.97. The van der Waals surface area contributed by atoms with E-state index in [0.29, 0.717) is 5.92 Å². The predicted molar refractivity (Wildman–Crippen MR) is 138 cm³/mol. The Labute approximate surface area is 222 Å². The molecule has 3 aromatic heterocycles. The molecule has 4 heterocycles. The Hall–Kier alpha value is -2.63. The molecule has 196 valence electrons. The Bertz CT molecular complexity index is 1390. The highest BCUT2D eigenvalue weighted by atomic mass is 35.5. The van der Waals surface area contributed by atoms with Gasteiger partial charge in [0.2, 0.25) is 0 Å². The van der Waals surface area contributed by atoms with Gasteiger partial charge in [-0.2, -0.15) is 13.2 Å². The second-order valence-electron chi connectivity index (χ2n) is 9.82. The van der Waals surface area contributed by atoms with Crippen LogP contribution in [0.3, 0.4) is 0 Å². The third-order valence-corrected chi connectivity index (χ3v) is 8.65. The lowest BCUT2D eigenvalue weighted by molar-refractivity contribution is -0.137. The molecule has 7 nitrogen and oxygen atoms in total. The first kappa shape index (κ1) is 26.0. The van der Waals surface area contributed by atoms with Gasteiger partial charge < -0.3 is 9.47 Å². The number of alkyl halides is 3. The average molecular weight is 550 g/mol. The van der Waals surface area contributed by atoms with Crippen molar-refractivity contribution in [3.63, 3.8) is 0 Å². The summed E-state index contributed by atoms with van der Waals surface area (Å²) in [5.74, 6) is 2.08. The number of rotatable bonds is 7. The Morgan fingerprint density at radius 2 is 1.92 bits per heavy atom. The SMILES string of the molecule is Cl.Cn1c(SCCCN2CC[C@]3(C[C@@H]3c3ccc(C(F)(F)F)cc3)C2)nnc1-c1cccn2cnnc12. The van der Waals surface area contributed by atoms with Crippen molar-refractivity contribution in [1.82, 2.24) is 34.3 Å². The second kappa shape index (κ2) is 9.92. The molecule has 1 aliphatic carbocycles. The van der Waals surface area contributed by atoms with Gasteiger partial charge in [-0.3, -0.25) is 4.40 Å². The van der Waals surface area contributed by atoms with Crippen LogP contribution in [0.2, 0.25) is 0 Å². The zero-order chi connectivity index (χ0) is 24.9. The van der Waals surface area contributed by atoms with Crippen molar-refractivity contribution in [2.75, 3.05) is 25.4 Å². The van der Waals surface area contributed by atoms with Gasteiger partial charge >= 0.3 is 6.18 Å². The fourth-order valence-corrected chi connectivity index (χ4v) is 6.34. The summed E-state index contributed by atoms with van der Waals surface area (Å²) in [6, 6.07) is 9.69. The summed E-state index contributed by atoms with van der Waals surface area (Å²) in [5, 5.41) is 17.8. The molecule has 4 aromatic rings. The Morgan fingerprint density at radius 1 is 1.11 bits per heavy atom. The largest absolute Gasteiger partial charge is 0.416 e. The molecule has 1 saturated heterocycles. The van der Waals surface area contributed by atoms with Gasteiger partial charge in [-0.15, -0.1) is 32.8 Å². The molecule has 1 saturated carbocycles. The first-order valence-electron chi connectivity index (χ1n) is 12.0. The highest BCUT2D eigenvalue weighted by Crippen LogP contribution is 2.64. The van der Waals surface area contributed by atoms with Crippen molar-refractivity contribution >= 4 is 29.8 Å². The quantitative estimate of drug-likeness (QED) is 0.229. The number of hydrogen-bond donors (Lipinski definition) is 0. The number of benzene rings is 1. The summed E-state index contributed by atoms with van der Waals surface area (Å²) in [6.45, 7) is 3.09. The van der Waals surface area contributed by atoms with Crippen LogP contribution in [0.15, 0.2) is 54.1 Å². The van der Waals surface area contributed by atoms with E-state index in [1.54, 1.807) is 30.2 Å². The monoisotopic (exact) mass is 549 g/mol. The van der Waals surface area contributed by atoms with E-state index in [2.05, 4.69) is 25.3 Å². The van der Waals surface area contributed by atoms with Gasteiger partial charge in [0.05, 0.1) is 11.1 Å². The predicted octanol–water partition coefficient (Wildman–Crippen LogP) is 5.33. The molecular weight excluding hydrogens is 523 g/mol. The molecule has 1 aliphatic heterocycles. The van der Waals surface area contributed by atoms with E-state index >= 15 is 0 Å². The molecule has 0 radical (unpaired) electrons. The smallest absolute Gasteiger partial charge is 0.305 e. The van der Waals surface area contributed by atoms with Crippen molar-refractivity contribution in [3.8, 4) is 11.4 Å². The molecule has 2 fully saturated rings. The van der Waals surface area contributed by atoms with Crippen LogP contribution in [-0.2, 0) is 13.2 Å². The third-order valence-electron chi connectivity index (χ3n) is 7.54. The van der Waals surface area contributed by atoms with Crippen LogP contribution in [-0.4, -0.2) is 59.6 Å². The van der Waals surface area contributed by atoms with Crippen molar-refractivity contribution < 1.29 is 13.2 Å². The van der Waals surface area contributed by atoms with Crippen molar-refractivity contribution in [1.29, 1.82) is 0 Å². The summed E-state index contributed by atoms with van der Waals surface area (Å²) < 4.78 is 42.4. The maximum absolute atomic E-state index is 12.9. The highest BCUT2D eigenvalue weighted by molar-refractivity contribution is 7.99. The Morgan fingerprint density at radius 3 is 2.70 bits per heavy atom. The normalized spacial score (nSPS) is 21.6. The topological polar surface area (TPSA) is 64.1 Å². The molecule has 1 aromatic carbocycles. The lowest BCUT2D eigenvalue weighted by Crippen LogP contribution is -2.23. The van der Waals surface area contributed by atoms with Crippen LogP contribution >= 0.6 is 24.2 Å². The number of halogens is 4. The van der Waals surface area contributed by atoms with E-state index in [-0.39, 0.29) is 17.8 Å². The van der Waals surface area contributed by atoms with E-state index in [9.17, 15) is 13.2 Å². The third kappa shape index (κ3) is 4.96. The standard InChI is InChI=1S/C25H26F3N7S.ClH/c1-33-21(19-4-2-11-35-16-29-30-22(19)35)31-32-23(33)36-13-3-10-34-12-9-24(15-34)14-20(24)17-5-7-18(8-6-17)25(26,27)28;/h2,4-8,11,16,20H,3,9-10,12-15H2,1H3;1H/t20-,24+;/m1./s1. The Balaban J connectivity index is 0.00000280. The fourth-order valence-electron chi connectivity index (χ4n) is 5.50. The van der Waals surface area contributed by atoms with Crippen LogP contribution in [0.25, 0.3) is 17.0 Å². The molecule has 6 rings (SSSR count). The zero-order valence-corrected chi connectivity index (χ0v) is 21.9. The maximum Gasteiger partial charge on any atom is 0.416 e. The molecule has 12 heteroatoms. The lowest BCUT2D eigenvalue weighted by Gasteiger charge is -2.16. The van der Waals surface area contributed by atoms with Gasteiger partial charge in [0, 0.05) is 25.5 Å². The minimum Gasteiger partial charge on any atom is -0.305 e. The minimum absolute atomic E-state index is 0. The van der Waals surface area contributed by atoms with Gasteiger partial charge in [-0.05, 0) is 73.5 Å². The van der Waals surface area contributed by atoms with Crippen LogP contribution in [0.5, 0.6) is 0 Å². The minimum atomic E-state index is -4.28. The summed E-state index contributed by atoms with van der Waals surface area (Å²) in [5.41, 5.74) is 2.36. The van der Waals surface area contributed by atoms with Gasteiger partial charge in [-0.25, -0.2) is 0 Å². The summed E-state index contributed by atoms with van der Waals surface area (Å²) >= 11 is 1.70. The van der Waals surface area contributed by atoms with E-state index < -0.39 is 11.7 Å². The molecule has 0 unspecified atom stereocenters. The van der Waals surface area contributed by atoms with Crippen LogP contribution in [0, 0.1) is 5.41 Å². The van der Waals surface area contributed by atoms with Crippen LogP contribution < -0.4 is 0 Å². The number of pyridine rings is 1. The van der Waals surface area contributed by atoms with Crippen molar-refractivity contribution in [2.45, 2.75) is 36.5 Å².